The van der Waals surface area contributed by atoms with E-state index in [9.17, 15) is 43.9 Å². The molecule has 2 nitrogen and oxygen atoms in total. The van der Waals surface area contributed by atoms with Crippen molar-refractivity contribution in [2.75, 3.05) is 0 Å². The molecule has 0 N–H and O–H groups in total. The van der Waals surface area contributed by atoms with Crippen LogP contribution in [0.2, 0.25) is 0 Å². The largest absolute Gasteiger partial charge is 0.573 e. The smallest absolute Gasteiger partial charge is 0.429 e. The summed E-state index contributed by atoms with van der Waals surface area (Å²) < 4.78 is 144. The van der Waals surface area contributed by atoms with E-state index < -0.39 is 69.7 Å². The van der Waals surface area contributed by atoms with Gasteiger partial charge in [-0.25, -0.2) is 22.0 Å². The molecule has 0 aromatic heterocycles. The molecule has 0 bridgehead atoms. The van der Waals surface area contributed by atoms with E-state index in [1.54, 1.807) is 6.92 Å². The molecule has 0 heterocycles. The fourth-order valence-corrected chi connectivity index (χ4v) is 3.20. The van der Waals surface area contributed by atoms with Gasteiger partial charge in [-0.3, -0.25) is 0 Å². The third-order valence-electron chi connectivity index (χ3n) is 4.71. The Bertz CT molecular complexity index is 1210. The molecular formula is C23H14F10O2. The molecule has 35 heavy (non-hydrogen) atoms. The van der Waals surface area contributed by atoms with Crippen LogP contribution >= 0.6 is 0 Å². The van der Waals surface area contributed by atoms with Crippen molar-refractivity contribution in [2.24, 2.45) is 0 Å². The lowest BCUT2D eigenvalue weighted by atomic mass is 10.0. The van der Waals surface area contributed by atoms with Gasteiger partial charge in [-0.1, -0.05) is 19.4 Å². The molecule has 0 fully saturated rings. The second-order valence-electron chi connectivity index (χ2n) is 7.23. The summed E-state index contributed by atoms with van der Waals surface area (Å²) in [4.78, 5) is 0. The lowest BCUT2D eigenvalue weighted by Gasteiger charge is -2.20. The number of hydrogen-bond acceptors (Lipinski definition) is 2. The SMILES string of the molecule is CCCc1ccc(C(F)(F)Oc2ccc(-c3cc(F)c(OC(F)(F)F)c(F)c3)c(F)c2)c(F)c1F. The highest BCUT2D eigenvalue weighted by Crippen LogP contribution is 2.38. The Labute approximate surface area is 191 Å². The minimum Gasteiger partial charge on any atom is -0.429 e. The van der Waals surface area contributed by atoms with Crippen LogP contribution in [0.25, 0.3) is 11.1 Å². The summed E-state index contributed by atoms with van der Waals surface area (Å²) in [5.74, 6) is -10.9. The van der Waals surface area contributed by atoms with Gasteiger partial charge >= 0.3 is 12.5 Å². The van der Waals surface area contributed by atoms with E-state index >= 15 is 0 Å². The molecule has 0 aliphatic heterocycles. The molecule has 0 aliphatic carbocycles. The molecule has 0 aliphatic rings. The maximum atomic E-state index is 14.5. The van der Waals surface area contributed by atoms with Gasteiger partial charge in [0.25, 0.3) is 0 Å². The van der Waals surface area contributed by atoms with Gasteiger partial charge in [-0.2, -0.15) is 8.78 Å². The molecule has 3 rings (SSSR count). The van der Waals surface area contributed by atoms with Crippen molar-refractivity contribution >= 4 is 0 Å². The molecule has 188 valence electrons. The van der Waals surface area contributed by atoms with Gasteiger partial charge in [0.1, 0.15) is 17.1 Å². The normalized spacial score (nSPS) is 12.1. The van der Waals surface area contributed by atoms with Crippen molar-refractivity contribution < 1.29 is 53.4 Å². The lowest BCUT2D eigenvalue weighted by molar-refractivity contribution is -0.276. The van der Waals surface area contributed by atoms with Gasteiger partial charge in [-0.05, 0) is 47.9 Å². The average Bonchev–Trinajstić information content (AvgIpc) is 2.73. The highest BCUT2D eigenvalue weighted by molar-refractivity contribution is 5.66. The number of benzene rings is 3. The standard InChI is InChI=1S/C23H14F10O2/c1-2-3-11-4-7-15(20(28)19(11)27)22(29,30)34-13-5-6-14(16(24)10-13)12-8-17(25)21(18(26)9-12)35-23(31,32)33/h4-10H,2-3H2,1H3. The lowest BCUT2D eigenvalue weighted by Crippen LogP contribution is -2.24. The van der Waals surface area contributed by atoms with Crippen LogP contribution in [0.3, 0.4) is 0 Å². The van der Waals surface area contributed by atoms with Crippen molar-refractivity contribution in [3.63, 3.8) is 0 Å². The number of ether oxygens (including phenoxy) is 2. The Kier molecular flexibility index (Phi) is 7.23. The van der Waals surface area contributed by atoms with Gasteiger partial charge in [0, 0.05) is 11.6 Å². The summed E-state index contributed by atoms with van der Waals surface area (Å²) in [6.07, 6.45) is -9.29. The fourth-order valence-electron chi connectivity index (χ4n) is 3.20. The minimum absolute atomic E-state index is 0.104. The summed E-state index contributed by atoms with van der Waals surface area (Å²) in [6.45, 7) is 1.68. The molecule has 0 atom stereocenters. The molecule has 0 unspecified atom stereocenters. The van der Waals surface area contributed by atoms with Crippen LogP contribution in [0.5, 0.6) is 11.5 Å². The minimum atomic E-state index is -5.39. The zero-order valence-corrected chi connectivity index (χ0v) is 17.6. The third kappa shape index (κ3) is 5.80. The van der Waals surface area contributed by atoms with E-state index in [0.29, 0.717) is 30.7 Å². The van der Waals surface area contributed by atoms with Crippen LogP contribution in [0, 0.1) is 29.1 Å². The molecule has 0 spiro atoms. The van der Waals surface area contributed by atoms with Crippen LogP contribution in [-0.4, -0.2) is 6.36 Å². The number of rotatable bonds is 7. The summed E-state index contributed by atoms with van der Waals surface area (Å²) in [5, 5.41) is 0. The topological polar surface area (TPSA) is 18.5 Å². The van der Waals surface area contributed by atoms with Crippen molar-refractivity contribution in [1.29, 1.82) is 0 Å². The van der Waals surface area contributed by atoms with Gasteiger partial charge in [-0.15, -0.1) is 13.2 Å². The molecule has 3 aromatic carbocycles. The van der Waals surface area contributed by atoms with Crippen molar-refractivity contribution in [3.8, 4) is 22.6 Å². The van der Waals surface area contributed by atoms with Gasteiger partial charge in [0.15, 0.2) is 23.3 Å². The Morgan fingerprint density at radius 2 is 1.34 bits per heavy atom. The van der Waals surface area contributed by atoms with E-state index in [4.69, 9.17) is 0 Å². The number of alkyl halides is 5. The van der Waals surface area contributed by atoms with Crippen LogP contribution < -0.4 is 9.47 Å². The number of aryl methyl sites for hydroxylation is 1. The zero-order chi connectivity index (χ0) is 26.1. The first kappa shape index (κ1) is 26.2. The van der Waals surface area contributed by atoms with Crippen molar-refractivity contribution in [2.45, 2.75) is 32.2 Å². The first-order valence-electron chi connectivity index (χ1n) is 9.82. The van der Waals surface area contributed by atoms with Crippen molar-refractivity contribution in [3.05, 3.63) is 82.7 Å². The highest BCUT2D eigenvalue weighted by Gasteiger charge is 2.39. The van der Waals surface area contributed by atoms with E-state index in [1.165, 1.54) is 0 Å². The van der Waals surface area contributed by atoms with Gasteiger partial charge in [0.05, 0.1) is 0 Å². The molecule has 0 saturated carbocycles. The van der Waals surface area contributed by atoms with Gasteiger partial charge in [0.2, 0.25) is 5.75 Å². The summed E-state index contributed by atoms with van der Waals surface area (Å²) in [5.41, 5.74) is -2.72. The molecule has 12 heteroatoms. The maximum Gasteiger partial charge on any atom is 0.573 e. The Hall–Kier alpha value is -3.44. The summed E-state index contributed by atoms with van der Waals surface area (Å²) in [6, 6.07) is 4.14. The number of halogens is 10. The van der Waals surface area contributed by atoms with Gasteiger partial charge < -0.3 is 9.47 Å². The molecule has 0 amide bonds. The van der Waals surface area contributed by atoms with E-state index in [1.807, 2.05) is 0 Å². The molecular weight excluding hydrogens is 498 g/mol. The number of hydrogen-bond donors (Lipinski definition) is 0. The predicted molar refractivity (Wildman–Crippen MR) is 103 cm³/mol. The van der Waals surface area contributed by atoms with E-state index in [2.05, 4.69) is 9.47 Å². The van der Waals surface area contributed by atoms with Crippen LogP contribution in [-0.2, 0) is 12.5 Å². The zero-order valence-electron chi connectivity index (χ0n) is 17.6. The Morgan fingerprint density at radius 1 is 0.714 bits per heavy atom. The molecule has 0 radical (unpaired) electrons. The first-order valence-corrected chi connectivity index (χ1v) is 9.82. The summed E-state index contributed by atoms with van der Waals surface area (Å²) >= 11 is 0. The second kappa shape index (κ2) is 9.67. The Balaban J connectivity index is 1.89. The van der Waals surface area contributed by atoms with E-state index in [-0.39, 0.29) is 12.0 Å². The van der Waals surface area contributed by atoms with E-state index in [0.717, 1.165) is 18.2 Å². The fraction of sp³-hybridized carbons (Fsp3) is 0.217. The van der Waals surface area contributed by atoms with Crippen LogP contribution in [0.15, 0.2) is 42.5 Å². The quantitative estimate of drug-likeness (QED) is 0.299. The molecule has 3 aromatic rings. The average molecular weight is 512 g/mol. The monoisotopic (exact) mass is 512 g/mol. The highest BCUT2D eigenvalue weighted by atomic mass is 19.4. The van der Waals surface area contributed by atoms with Crippen LogP contribution in [0.1, 0.15) is 24.5 Å². The second-order valence-corrected chi connectivity index (χ2v) is 7.23. The molecule has 0 saturated heterocycles. The Morgan fingerprint density at radius 3 is 1.89 bits per heavy atom. The van der Waals surface area contributed by atoms with Crippen molar-refractivity contribution in [1.82, 2.24) is 0 Å². The van der Waals surface area contributed by atoms with Crippen LogP contribution in [0.4, 0.5) is 43.9 Å². The first-order chi connectivity index (χ1) is 16.2. The third-order valence-corrected chi connectivity index (χ3v) is 4.71. The summed E-state index contributed by atoms with van der Waals surface area (Å²) in [7, 11) is 0. The predicted octanol–water partition coefficient (Wildman–Crippen LogP) is 8.03. The maximum absolute atomic E-state index is 14.5.